The van der Waals surface area contributed by atoms with Crippen LogP contribution in [0.15, 0.2) is 6.33 Å². The maximum atomic E-state index is 11.1. The molecular weight excluding hydrogens is 250 g/mol. The molecule has 0 bridgehead atoms. The number of hydrogen-bond donors (Lipinski definition) is 4. The fourth-order valence-corrected chi connectivity index (χ4v) is 1.25. The number of aromatic nitrogens is 3. The van der Waals surface area contributed by atoms with Crippen LogP contribution in [0.4, 0.5) is 0 Å². The minimum absolute atomic E-state index is 0.375. The number of carboxylic acid groups (broad SMARTS) is 3. The Morgan fingerprint density at radius 3 is 2.11 bits per heavy atom. The first-order valence-corrected chi connectivity index (χ1v) is 4.57. The van der Waals surface area contributed by atoms with Gasteiger partial charge in [-0.1, -0.05) is 0 Å². The molecule has 0 fully saturated rings. The van der Waals surface area contributed by atoms with E-state index in [1.807, 2.05) is 0 Å². The first-order valence-electron chi connectivity index (χ1n) is 4.57. The fraction of sp³-hybridized carbons (Fsp3) is 0.375. The molecule has 0 spiro atoms. The van der Waals surface area contributed by atoms with Crippen LogP contribution in [-0.4, -0.2) is 54.0 Å². The quantitative estimate of drug-likeness (QED) is 0.478. The zero-order valence-electron chi connectivity index (χ0n) is 8.86. The van der Waals surface area contributed by atoms with E-state index >= 15 is 0 Å². The van der Waals surface area contributed by atoms with Gasteiger partial charge in [0.2, 0.25) is 5.60 Å². The van der Waals surface area contributed by atoms with E-state index in [2.05, 4.69) is 15.2 Å². The standard InChI is InChI=1S/C8H9N3O7/c12-4(13)1-8(6(16)17,2-5(14)15)18-7-9-3-10-11-7/h3H,1-2H2,(H,12,13)(H,14,15)(H,16,17)(H,9,10,11). The van der Waals surface area contributed by atoms with Gasteiger partial charge >= 0.3 is 23.9 Å². The number of carbonyl (C=O) groups is 3. The molecule has 98 valence electrons. The first-order chi connectivity index (χ1) is 8.35. The Morgan fingerprint density at radius 1 is 1.22 bits per heavy atom. The molecule has 1 rings (SSSR count). The lowest BCUT2D eigenvalue weighted by Gasteiger charge is -2.25. The summed E-state index contributed by atoms with van der Waals surface area (Å²) in [6, 6.07) is -0.375. The summed E-state index contributed by atoms with van der Waals surface area (Å²) in [5, 5.41) is 31.9. The highest BCUT2D eigenvalue weighted by Crippen LogP contribution is 2.23. The summed E-state index contributed by atoms with van der Waals surface area (Å²) < 4.78 is 4.83. The van der Waals surface area contributed by atoms with E-state index < -0.39 is 36.4 Å². The van der Waals surface area contributed by atoms with Gasteiger partial charge in [-0.15, -0.1) is 0 Å². The zero-order chi connectivity index (χ0) is 13.8. The van der Waals surface area contributed by atoms with Crippen LogP contribution in [0.5, 0.6) is 6.01 Å². The van der Waals surface area contributed by atoms with Crippen LogP contribution < -0.4 is 4.74 Å². The molecule has 10 heteroatoms. The van der Waals surface area contributed by atoms with Crippen molar-refractivity contribution in [1.29, 1.82) is 0 Å². The largest absolute Gasteiger partial charge is 0.481 e. The summed E-state index contributed by atoms with van der Waals surface area (Å²) >= 11 is 0. The Labute approximate surface area is 99.2 Å². The number of rotatable bonds is 7. The van der Waals surface area contributed by atoms with Gasteiger partial charge in [-0.05, 0) is 0 Å². The summed E-state index contributed by atoms with van der Waals surface area (Å²) in [7, 11) is 0. The lowest BCUT2D eigenvalue weighted by molar-refractivity contribution is -0.167. The molecule has 0 unspecified atom stereocenters. The van der Waals surface area contributed by atoms with Gasteiger partial charge in [-0.2, -0.15) is 10.1 Å². The zero-order valence-corrected chi connectivity index (χ0v) is 8.86. The summed E-state index contributed by atoms with van der Waals surface area (Å²) in [6.07, 6.45) is -1.06. The Balaban J connectivity index is 3.06. The average molecular weight is 259 g/mol. The van der Waals surface area contributed by atoms with Crippen molar-refractivity contribution >= 4 is 17.9 Å². The van der Waals surface area contributed by atoms with Crippen molar-refractivity contribution in [3.8, 4) is 6.01 Å². The lowest BCUT2D eigenvalue weighted by Crippen LogP contribution is -2.48. The summed E-state index contributed by atoms with van der Waals surface area (Å²) in [4.78, 5) is 35.9. The predicted octanol–water partition coefficient (Wildman–Crippen LogP) is -1.04. The van der Waals surface area contributed by atoms with Crippen LogP contribution in [-0.2, 0) is 14.4 Å². The van der Waals surface area contributed by atoms with Gasteiger partial charge in [0.25, 0.3) is 0 Å². The van der Waals surface area contributed by atoms with Crippen molar-refractivity contribution in [3.05, 3.63) is 6.33 Å². The number of nitrogens with zero attached hydrogens (tertiary/aromatic N) is 2. The summed E-state index contributed by atoms with van der Waals surface area (Å²) in [5.74, 6) is -4.75. The molecule has 0 saturated heterocycles. The van der Waals surface area contributed by atoms with Gasteiger partial charge in [-0.3, -0.25) is 9.59 Å². The second-order valence-corrected chi connectivity index (χ2v) is 3.33. The van der Waals surface area contributed by atoms with Gasteiger partial charge in [0.05, 0.1) is 12.8 Å². The topological polar surface area (TPSA) is 163 Å². The molecule has 0 aliphatic heterocycles. The molecule has 0 amide bonds. The highest BCUT2D eigenvalue weighted by atomic mass is 16.5. The van der Waals surface area contributed by atoms with Crippen molar-refractivity contribution in [2.75, 3.05) is 0 Å². The van der Waals surface area contributed by atoms with E-state index in [4.69, 9.17) is 20.1 Å². The predicted molar refractivity (Wildman–Crippen MR) is 51.9 cm³/mol. The van der Waals surface area contributed by atoms with Crippen LogP contribution in [0.1, 0.15) is 12.8 Å². The van der Waals surface area contributed by atoms with E-state index in [1.54, 1.807) is 0 Å². The smallest absolute Gasteiger partial charge is 0.349 e. The van der Waals surface area contributed by atoms with Crippen molar-refractivity contribution < 1.29 is 34.4 Å². The summed E-state index contributed by atoms with van der Waals surface area (Å²) in [6.45, 7) is 0. The Bertz CT molecular complexity index is 439. The van der Waals surface area contributed by atoms with Crippen LogP contribution in [0, 0.1) is 0 Å². The molecule has 0 atom stereocenters. The van der Waals surface area contributed by atoms with Gasteiger partial charge in [-0.25, -0.2) is 9.89 Å². The normalized spacial score (nSPS) is 10.9. The highest BCUT2D eigenvalue weighted by molar-refractivity contribution is 5.88. The lowest BCUT2D eigenvalue weighted by atomic mass is 9.95. The van der Waals surface area contributed by atoms with Crippen LogP contribution in [0.3, 0.4) is 0 Å². The second kappa shape index (κ2) is 5.12. The van der Waals surface area contributed by atoms with Crippen LogP contribution in [0.2, 0.25) is 0 Å². The SMILES string of the molecule is O=C(O)CC(CC(=O)O)(Oc1ncn[nH]1)C(=O)O. The van der Waals surface area contributed by atoms with E-state index in [1.165, 1.54) is 0 Å². The van der Waals surface area contributed by atoms with Gasteiger partial charge in [0.15, 0.2) is 0 Å². The molecule has 0 saturated carbocycles. The molecule has 0 aromatic carbocycles. The van der Waals surface area contributed by atoms with E-state index in [9.17, 15) is 14.4 Å². The highest BCUT2D eigenvalue weighted by Gasteiger charge is 2.46. The maximum absolute atomic E-state index is 11.1. The summed E-state index contributed by atoms with van der Waals surface area (Å²) in [5.41, 5.74) is -2.45. The molecule has 10 nitrogen and oxygen atoms in total. The number of H-pyrrole nitrogens is 1. The third kappa shape index (κ3) is 3.17. The molecule has 1 aromatic heterocycles. The van der Waals surface area contributed by atoms with Crippen LogP contribution in [0.25, 0.3) is 0 Å². The third-order valence-electron chi connectivity index (χ3n) is 1.95. The van der Waals surface area contributed by atoms with E-state index in [0.29, 0.717) is 0 Å². The molecule has 4 N–H and O–H groups in total. The number of carboxylic acids is 3. The first kappa shape index (κ1) is 13.4. The second-order valence-electron chi connectivity index (χ2n) is 3.33. The average Bonchev–Trinajstić information content (AvgIpc) is 2.67. The number of aromatic amines is 1. The Hall–Kier alpha value is -2.65. The van der Waals surface area contributed by atoms with Crippen molar-refractivity contribution in [3.63, 3.8) is 0 Å². The number of nitrogens with one attached hydrogen (secondary N) is 1. The number of ether oxygens (including phenoxy) is 1. The van der Waals surface area contributed by atoms with Gasteiger partial charge in [0, 0.05) is 0 Å². The molecular formula is C8H9N3O7. The molecule has 1 heterocycles. The molecule has 0 radical (unpaired) electrons. The van der Waals surface area contributed by atoms with Crippen LogP contribution >= 0.6 is 0 Å². The minimum atomic E-state index is -2.45. The van der Waals surface area contributed by atoms with E-state index in [-0.39, 0.29) is 6.01 Å². The van der Waals surface area contributed by atoms with Crippen molar-refractivity contribution in [2.45, 2.75) is 18.4 Å². The molecule has 18 heavy (non-hydrogen) atoms. The maximum Gasteiger partial charge on any atom is 0.349 e. The minimum Gasteiger partial charge on any atom is -0.481 e. The van der Waals surface area contributed by atoms with Gasteiger partial charge < -0.3 is 20.1 Å². The van der Waals surface area contributed by atoms with Crippen molar-refractivity contribution in [2.24, 2.45) is 0 Å². The van der Waals surface area contributed by atoms with Gasteiger partial charge in [0.1, 0.15) is 6.33 Å². The fourth-order valence-electron chi connectivity index (χ4n) is 1.25. The van der Waals surface area contributed by atoms with E-state index in [0.717, 1.165) is 6.33 Å². The molecule has 0 aliphatic carbocycles. The molecule has 0 aliphatic rings. The monoisotopic (exact) mass is 259 g/mol. The Kier molecular flexibility index (Phi) is 3.82. The Morgan fingerprint density at radius 2 is 1.78 bits per heavy atom. The number of hydrogen-bond acceptors (Lipinski definition) is 6. The molecule has 1 aromatic rings. The third-order valence-corrected chi connectivity index (χ3v) is 1.95. The number of aliphatic carboxylic acids is 3. The van der Waals surface area contributed by atoms with Crippen molar-refractivity contribution in [1.82, 2.24) is 15.2 Å².